The monoisotopic (exact) mass is 279 g/mol. The van der Waals surface area contributed by atoms with E-state index in [1.807, 2.05) is 24.3 Å². The quantitative estimate of drug-likeness (QED) is 0.771. The van der Waals surface area contributed by atoms with E-state index in [1.54, 1.807) is 12.4 Å². The van der Waals surface area contributed by atoms with Crippen molar-refractivity contribution >= 4 is 22.4 Å². The molecule has 1 fully saturated rings. The number of fused-ring (bicyclic) bond motifs is 1. The SMILES string of the molecule is O=C(Nc1cccc2cnccc12)c1n[nH]c(C2CC2)n1. The molecule has 6 heteroatoms. The lowest BCUT2D eigenvalue weighted by atomic mass is 10.1. The fourth-order valence-corrected chi connectivity index (χ4v) is 2.32. The summed E-state index contributed by atoms with van der Waals surface area (Å²) < 4.78 is 0. The largest absolute Gasteiger partial charge is 0.319 e. The van der Waals surface area contributed by atoms with Gasteiger partial charge in [0.2, 0.25) is 5.82 Å². The van der Waals surface area contributed by atoms with Crippen LogP contribution in [0.2, 0.25) is 0 Å². The molecule has 0 bridgehead atoms. The van der Waals surface area contributed by atoms with Crippen LogP contribution in [-0.2, 0) is 0 Å². The summed E-state index contributed by atoms with van der Waals surface area (Å²) in [5.74, 6) is 1.13. The molecule has 0 atom stereocenters. The summed E-state index contributed by atoms with van der Waals surface area (Å²) in [5.41, 5.74) is 0.734. The van der Waals surface area contributed by atoms with E-state index in [4.69, 9.17) is 0 Å². The zero-order valence-corrected chi connectivity index (χ0v) is 11.2. The van der Waals surface area contributed by atoms with Gasteiger partial charge >= 0.3 is 0 Å². The van der Waals surface area contributed by atoms with Gasteiger partial charge in [0.15, 0.2) is 0 Å². The Morgan fingerprint density at radius 1 is 1.29 bits per heavy atom. The number of amides is 1. The lowest BCUT2D eigenvalue weighted by Crippen LogP contribution is -2.14. The molecule has 1 amide bonds. The molecule has 104 valence electrons. The van der Waals surface area contributed by atoms with Crippen molar-refractivity contribution in [2.75, 3.05) is 5.32 Å². The number of benzene rings is 1. The number of anilines is 1. The second-order valence-corrected chi connectivity index (χ2v) is 5.18. The first kappa shape index (κ1) is 12.0. The van der Waals surface area contributed by atoms with Crippen LogP contribution in [0.1, 0.15) is 35.2 Å². The van der Waals surface area contributed by atoms with Crippen LogP contribution < -0.4 is 5.32 Å². The van der Waals surface area contributed by atoms with Gasteiger partial charge in [-0.3, -0.25) is 14.9 Å². The van der Waals surface area contributed by atoms with Gasteiger partial charge in [-0.25, -0.2) is 4.98 Å². The third-order valence-corrected chi connectivity index (χ3v) is 3.60. The highest BCUT2D eigenvalue weighted by Crippen LogP contribution is 2.37. The Morgan fingerprint density at radius 3 is 3.05 bits per heavy atom. The molecule has 0 unspecified atom stereocenters. The van der Waals surface area contributed by atoms with Crippen molar-refractivity contribution in [2.45, 2.75) is 18.8 Å². The van der Waals surface area contributed by atoms with E-state index in [9.17, 15) is 4.79 Å². The van der Waals surface area contributed by atoms with Gasteiger partial charge in [-0.2, -0.15) is 0 Å². The molecule has 0 radical (unpaired) electrons. The summed E-state index contributed by atoms with van der Waals surface area (Å²) >= 11 is 0. The molecular formula is C15H13N5O. The predicted octanol–water partition coefficient (Wildman–Crippen LogP) is 2.48. The van der Waals surface area contributed by atoms with E-state index >= 15 is 0 Å². The number of hydrogen-bond acceptors (Lipinski definition) is 4. The van der Waals surface area contributed by atoms with Crippen molar-refractivity contribution in [3.63, 3.8) is 0 Å². The molecule has 21 heavy (non-hydrogen) atoms. The minimum absolute atomic E-state index is 0.183. The Bertz CT molecular complexity index is 816. The fraction of sp³-hybridized carbons (Fsp3) is 0.200. The summed E-state index contributed by atoms with van der Waals surface area (Å²) in [6.07, 6.45) is 5.71. The van der Waals surface area contributed by atoms with Gasteiger partial charge in [-0.05, 0) is 25.0 Å². The summed E-state index contributed by atoms with van der Waals surface area (Å²) in [7, 11) is 0. The topological polar surface area (TPSA) is 83.6 Å². The number of H-pyrrole nitrogens is 1. The standard InChI is InChI=1S/C15H13N5O/c21-15(14-18-13(19-20-14)9-4-5-9)17-12-3-1-2-10-8-16-7-6-11(10)12/h1-3,6-9H,4-5H2,(H,17,21)(H,18,19,20). The van der Waals surface area contributed by atoms with Gasteiger partial charge < -0.3 is 5.32 Å². The van der Waals surface area contributed by atoms with Crippen molar-refractivity contribution in [1.29, 1.82) is 0 Å². The molecule has 1 aliphatic rings. The maximum absolute atomic E-state index is 12.2. The summed E-state index contributed by atoms with van der Waals surface area (Å²) in [6.45, 7) is 0. The Kier molecular flexibility index (Phi) is 2.67. The number of aromatic amines is 1. The predicted molar refractivity (Wildman–Crippen MR) is 78.1 cm³/mol. The second kappa shape index (κ2) is 4.66. The third kappa shape index (κ3) is 2.24. The van der Waals surface area contributed by atoms with Gasteiger partial charge in [-0.15, -0.1) is 5.10 Å². The first-order valence-electron chi connectivity index (χ1n) is 6.87. The van der Waals surface area contributed by atoms with Crippen molar-refractivity contribution in [3.05, 3.63) is 48.3 Å². The van der Waals surface area contributed by atoms with Crippen LogP contribution in [0.4, 0.5) is 5.69 Å². The summed E-state index contributed by atoms with van der Waals surface area (Å²) in [4.78, 5) is 20.6. The maximum atomic E-state index is 12.2. The van der Waals surface area contributed by atoms with E-state index in [2.05, 4.69) is 25.5 Å². The van der Waals surface area contributed by atoms with Gasteiger partial charge in [0.05, 0.1) is 0 Å². The van der Waals surface area contributed by atoms with Crippen LogP contribution >= 0.6 is 0 Å². The number of rotatable bonds is 3. The average molecular weight is 279 g/mol. The molecule has 1 aromatic carbocycles. The molecule has 0 aliphatic heterocycles. The first-order chi connectivity index (χ1) is 10.3. The number of carbonyl (C=O) groups is 1. The Labute approximate surface area is 120 Å². The third-order valence-electron chi connectivity index (χ3n) is 3.60. The number of carbonyl (C=O) groups excluding carboxylic acids is 1. The molecule has 2 N–H and O–H groups in total. The van der Waals surface area contributed by atoms with Crippen LogP contribution in [0.5, 0.6) is 0 Å². The maximum Gasteiger partial charge on any atom is 0.295 e. The molecule has 3 aromatic rings. The van der Waals surface area contributed by atoms with Gasteiger partial charge in [0, 0.05) is 34.8 Å². The van der Waals surface area contributed by atoms with E-state index in [-0.39, 0.29) is 11.7 Å². The van der Waals surface area contributed by atoms with Gasteiger partial charge in [0.25, 0.3) is 5.91 Å². The smallest absolute Gasteiger partial charge is 0.295 e. The number of aromatic nitrogens is 4. The van der Waals surface area contributed by atoms with Crippen molar-refractivity contribution in [2.24, 2.45) is 0 Å². The van der Waals surface area contributed by atoms with Crippen molar-refractivity contribution in [1.82, 2.24) is 20.2 Å². The lowest BCUT2D eigenvalue weighted by Gasteiger charge is -2.06. The van der Waals surface area contributed by atoms with Crippen molar-refractivity contribution < 1.29 is 4.79 Å². The molecule has 1 saturated carbocycles. The minimum Gasteiger partial charge on any atom is -0.319 e. The lowest BCUT2D eigenvalue weighted by molar-refractivity contribution is 0.101. The molecule has 0 saturated heterocycles. The normalized spacial score (nSPS) is 14.3. The molecule has 1 aliphatic carbocycles. The zero-order valence-electron chi connectivity index (χ0n) is 11.2. The Balaban J connectivity index is 1.62. The number of pyridine rings is 1. The molecule has 4 rings (SSSR count). The minimum atomic E-state index is -0.303. The van der Waals surface area contributed by atoms with Crippen molar-refractivity contribution in [3.8, 4) is 0 Å². The van der Waals surface area contributed by atoms with Gasteiger partial charge in [-0.1, -0.05) is 12.1 Å². The van der Waals surface area contributed by atoms with Gasteiger partial charge in [0.1, 0.15) is 5.82 Å². The molecule has 0 spiro atoms. The molecular weight excluding hydrogens is 266 g/mol. The Morgan fingerprint density at radius 2 is 2.19 bits per heavy atom. The first-order valence-corrected chi connectivity index (χ1v) is 6.87. The number of nitrogens with one attached hydrogen (secondary N) is 2. The van der Waals surface area contributed by atoms with E-state index in [0.29, 0.717) is 5.92 Å². The summed E-state index contributed by atoms with van der Waals surface area (Å²) in [5, 5.41) is 11.6. The second-order valence-electron chi connectivity index (χ2n) is 5.18. The zero-order chi connectivity index (χ0) is 14.2. The highest BCUT2D eigenvalue weighted by atomic mass is 16.2. The highest BCUT2D eigenvalue weighted by Gasteiger charge is 2.28. The fourth-order valence-electron chi connectivity index (χ4n) is 2.32. The summed E-state index contributed by atoms with van der Waals surface area (Å²) in [6, 6.07) is 7.57. The van der Waals surface area contributed by atoms with Crippen LogP contribution in [0.3, 0.4) is 0 Å². The van der Waals surface area contributed by atoms with Crippen LogP contribution in [0.15, 0.2) is 36.7 Å². The van der Waals surface area contributed by atoms with Crippen LogP contribution in [-0.4, -0.2) is 26.1 Å². The highest BCUT2D eigenvalue weighted by molar-refractivity contribution is 6.07. The Hall–Kier alpha value is -2.76. The van der Waals surface area contributed by atoms with E-state index in [0.717, 1.165) is 35.1 Å². The number of nitrogens with zero attached hydrogens (tertiary/aromatic N) is 3. The van der Waals surface area contributed by atoms with E-state index in [1.165, 1.54) is 0 Å². The van der Waals surface area contributed by atoms with Crippen LogP contribution in [0, 0.1) is 0 Å². The molecule has 2 aromatic heterocycles. The molecule has 2 heterocycles. The van der Waals surface area contributed by atoms with Crippen LogP contribution in [0.25, 0.3) is 10.8 Å². The van der Waals surface area contributed by atoms with E-state index < -0.39 is 0 Å². The average Bonchev–Trinajstić information content (AvgIpc) is 3.25. The molecule has 6 nitrogen and oxygen atoms in total. The number of hydrogen-bond donors (Lipinski definition) is 2.